The highest BCUT2D eigenvalue weighted by Crippen LogP contribution is 2.32. The number of nitrogens with one attached hydrogen (secondary N) is 1. The smallest absolute Gasteiger partial charge is 0.251 e. The average molecular weight is 343 g/mol. The Bertz CT molecular complexity index is 932. The van der Waals surface area contributed by atoms with Crippen molar-refractivity contribution in [3.63, 3.8) is 0 Å². The number of fused-ring (bicyclic) bond motifs is 1. The molecule has 0 radical (unpaired) electrons. The van der Waals surface area contributed by atoms with Crippen molar-refractivity contribution in [2.45, 2.75) is 25.5 Å². The highest BCUT2D eigenvalue weighted by molar-refractivity contribution is 5.95. The lowest BCUT2D eigenvalue weighted by Crippen LogP contribution is -2.33. The number of rotatable bonds is 3. The quantitative estimate of drug-likeness (QED) is 0.754. The molecule has 1 aliphatic rings. The number of amides is 1. The van der Waals surface area contributed by atoms with E-state index < -0.39 is 6.10 Å². The van der Waals surface area contributed by atoms with Crippen molar-refractivity contribution in [3.8, 4) is 11.1 Å². The molecule has 3 heteroatoms. The predicted molar refractivity (Wildman–Crippen MR) is 103 cm³/mol. The number of hydrogen-bond donors (Lipinski definition) is 2. The first kappa shape index (κ1) is 16.6. The normalized spacial score (nSPS) is 18.4. The van der Waals surface area contributed by atoms with Gasteiger partial charge in [0.15, 0.2) is 0 Å². The van der Waals surface area contributed by atoms with Crippen LogP contribution in [0.4, 0.5) is 0 Å². The largest absolute Gasteiger partial charge is 0.390 e. The van der Waals surface area contributed by atoms with Gasteiger partial charge in [0, 0.05) is 12.0 Å². The zero-order valence-corrected chi connectivity index (χ0v) is 14.6. The highest BCUT2D eigenvalue weighted by atomic mass is 16.3. The molecule has 2 atom stereocenters. The van der Waals surface area contributed by atoms with Gasteiger partial charge in [0.05, 0.1) is 12.1 Å². The van der Waals surface area contributed by atoms with Crippen LogP contribution in [0.3, 0.4) is 0 Å². The second-order valence-electron chi connectivity index (χ2n) is 6.87. The summed E-state index contributed by atoms with van der Waals surface area (Å²) in [6.45, 7) is 2.02. The minimum Gasteiger partial charge on any atom is -0.390 e. The minimum absolute atomic E-state index is 0.164. The van der Waals surface area contributed by atoms with Gasteiger partial charge < -0.3 is 10.4 Å². The van der Waals surface area contributed by atoms with E-state index in [9.17, 15) is 9.90 Å². The first-order valence-corrected chi connectivity index (χ1v) is 8.85. The standard InChI is InChI=1S/C23H21NO2/c1-15-7-8-19-14-21(25)22(20(19)13-15)24-23(26)18-11-9-17(10-12-18)16-5-3-2-4-6-16/h2-13,21-22,25H,14H2,1H3,(H,24,26)/t21-,22?/m1/s1. The maximum Gasteiger partial charge on any atom is 0.251 e. The molecule has 3 aromatic carbocycles. The summed E-state index contributed by atoms with van der Waals surface area (Å²) in [7, 11) is 0. The summed E-state index contributed by atoms with van der Waals surface area (Å²) in [5.41, 5.74) is 6.04. The van der Waals surface area contributed by atoms with Gasteiger partial charge in [-0.05, 0) is 41.3 Å². The molecule has 3 nitrogen and oxygen atoms in total. The molecule has 3 aromatic rings. The number of carbonyl (C=O) groups excluding carboxylic acids is 1. The predicted octanol–water partition coefficient (Wildman–Crippen LogP) is 4.05. The molecule has 0 saturated carbocycles. The van der Waals surface area contributed by atoms with Crippen molar-refractivity contribution in [2.75, 3.05) is 0 Å². The highest BCUT2D eigenvalue weighted by Gasteiger charge is 2.32. The third-order valence-electron chi connectivity index (χ3n) is 4.99. The summed E-state index contributed by atoms with van der Waals surface area (Å²) in [5, 5.41) is 13.4. The van der Waals surface area contributed by atoms with Crippen molar-refractivity contribution in [2.24, 2.45) is 0 Å². The van der Waals surface area contributed by atoms with Gasteiger partial charge in [-0.2, -0.15) is 0 Å². The molecule has 1 aliphatic carbocycles. The van der Waals surface area contributed by atoms with Gasteiger partial charge in [0.2, 0.25) is 0 Å². The molecule has 0 spiro atoms. The van der Waals surface area contributed by atoms with Crippen LogP contribution >= 0.6 is 0 Å². The molecule has 2 N–H and O–H groups in total. The van der Waals surface area contributed by atoms with E-state index in [1.165, 1.54) is 0 Å². The first-order chi connectivity index (χ1) is 12.6. The van der Waals surface area contributed by atoms with Crippen LogP contribution in [0.5, 0.6) is 0 Å². The van der Waals surface area contributed by atoms with Crippen molar-refractivity contribution >= 4 is 5.91 Å². The van der Waals surface area contributed by atoms with Crippen LogP contribution in [0.1, 0.15) is 33.1 Å². The molecule has 0 aliphatic heterocycles. The third-order valence-corrected chi connectivity index (χ3v) is 4.99. The van der Waals surface area contributed by atoms with Crippen LogP contribution in [-0.2, 0) is 6.42 Å². The minimum atomic E-state index is -0.584. The maximum absolute atomic E-state index is 12.7. The fourth-order valence-electron chi connectivity index (χ4n) is 3.58. The van der Waals surface area contributed by atoms with E-state index in [1.54, 1.807) is 0 Å². The molecular weight excluding hydrogens is 322 g/mol. The van der Waals surface area contributed by atoms with Crippen LogP contribution in [0, 0.1) is 6.92 Å². The second kappa shape index (κ2) is 6.77. The number of benzene rings is 3. The molecular formula is C23H21NO2. The molecule has 0 saturated heterocycles. The van der Waals surface area contributed by atoms with E-state index in [0.717, 1.165) is 27.8 Å². The fraction of sp³-hybridized carbons (Fsp3) is 0.174. The Morgan fingerprint density at radius 3 is 2.38 bits per heavy atom. The van der Waals surface area contributed by atoms with E-state index in [0.29, 0.717) is 12.0 Å². The van der Waals surface area contributed by atoms with Crippen LogP contribution in [0.25, 0.3) is 11.1 Å². The summed E-state index contributed by atoms with van der Waals surface area (Å²) in [5.74, 6) is -0.164. The lowest BCUT2D eigenvalue weighted by Gasteiger charge is -2.18. The zero-order chi connectivity index (χ0) is 18.1. The lowest BCUT2D eigenvalue weighted by atomic mass is 10.0. The lowest BCUT2D eigenvalue weighted by molar-refractivity contribution is 0.0858. The number of aliphatic hydroxyl groups is 1. The fourth-order valence-corrected chi connectivity index (χ4v) is 3.58. The second-order valence-corrected chi connectivity index (χ2v) is 6.87. The Labute approximate surface area is 153 Å². The molecule has 1 unspecified atom stereocenters. The van der Waals surface area contributed by atoms with Gasteiger partial charge in [-0.15, -0.1) is 0 Å². The summed E-state index contributed by atoms with van der Waals surface area (Å²) >= 11 is 0. The number of carbonyl (C=O) groups is 1. The van der Waals surface area contributed by atoms with E-state index in [4.69, 9.17) is 0 Å². The monoisotopic (exact) mass is 343 g/mol. The Morgan fingerprint density at radius 1 is 0.962 bits per heavy atom. The summed E-state index contributed by atoms with van der Waals surface area (Å²) in [6, 6.07) is 23.4. The number of hydrogen-bond acceptors (Lipinski definition) is 2. The molecule has 0 heterocycles. The van der Waals surface area contributed by atoms with Gasteiger partial charge in [-0.3, -0.25) is 4.79 Å². The van der Waals surface area contributed by atoms with E-state index in [2.05, 4.69) is 11.4 Å². The Morgan fingerprint density at radius 2 is 1.65 bits per heavy atom. The Kier molecular flexibility index (Phi) is 4.31. The topological polar surface area (TPSA) is 49.3 Å². The van der Waals surface area contributed by atoms with Gasteiger partial charge in [0.1, 0.15) is 0 Å². The maximum atomic E-state index is 12.7. The van der Waals surface area contributed by atoms with Crippen LogP contribution < -0.4 is 5.32 Å². The van der Waals surface area contributed by atoms with Crippen LogP contribution in [0.15, 0.2) is 72.8 Å². The van der Waals surface area contributed by atoms with Crippen molar-refractivity contribution < 1.29 is 9.90 Å². The van der Waals surface area contributed by atoms with Crippen molar-refractivity contribution in [1.82, 2.24) is 5.32 Å². The summed E-state index contributed by atoms with van der Waals surface area (Å²) in [6.07, 6.45) is -0.00705. The van der Waals surface area contributed by atoms with Crippen LogP contribution in [-0.4, -0.2) is 17.1 Å². The van der Waals surface area contributed by atoms with Gasteiger partial charge in [-0.25, -0.2) is 0 Å². The number of aliphatic hydroxyl groups excluding tert-OH is 1. The average Bonchev–Trinajstić information content (AvgIpc) is 2.97. The van der Waals surface area contributed by atoms with Crippen molar-refractivity contribution in [3.05, 3.63) is 95.1 Å². The van der Waals surface area contributed by atoms with E-state index in [-0.39, 0.29) is 11.9 Å². The molecule has 0 bridgehead atoms. The zero-order valence-electron chi connectivity index (χ0n) is 14.6. The van der Waals surface area contributed by atoms with Crippen molar-refractivity contribution in [1.29, 1.82) is 0 Å². The molecule has 26 heavy (non-hydrogen) atoms. The summed E-state index contributed by atoms with van der Waals surface area (Å²) in [4.78, 5) is 12.7. The van der Waals surface area contributed by atoms with E-state index >= 15 is 0 Å². The molecule has 1 amide bonds. The molecule has 0 aromatic heterocycles. The van der Waals surface area contributed by atoms with E-state index in [1.807, 2.05) is 73.7 Å². The summed E-state index contributed by atoms with van der Waals surface area (Å²) < 4.78 is 0. The first-order valence-electron chi connectivity index (χ1n) is 8.85. The SMILES string of the molecule is Cc1ccc2c(c1)C(NC(=O)c1ccc(-c3ccccc3)cc1)[C@H](O)C2. The number of aryl methyl sites for hydroxylation is 1. The Balaban J connectivity index is 1.53. The molecule has 4 rings (SSSR count). The van der Waals surface area contributed by atoms with Crippen LogP contribution in [0.2, 0.25) is 0 Å². The van der Waals surface area contributed by atoms with Gasteiger partial charge >= 0.3 is 0 Å². The third kappa shape index (κ3) is 3.14. The molecule has 0 fully saturated rings. The molecule has 130 valence electrons. The van der Waals surface area contributed by atoms with Gasteiger partial charge in [-0.1, -0.05) is 66.2 Å². The van der Waals surface area contributed by atoms with Gasteiger partial charge in [0.25, 0.3) is 5.91 Å². The Hall–Kier alpha value is -2.91.